The van der Waals surface area contributed by atoms with Crippen molar-refractivity contribution in [2.45, 2.75) is 29.9 Å². The molecule has 0 spiro atoms. The van der Waals surface area contributed by atoms with Crippen molar-refractivity contribution in [3.8, 4) is 16.9 Å². The van der Waals surface area contributed by atoms with E-state index in [4.69, 9.17) is 4.74 Å². The van der Waals surface area contributed by atoms with Gasteiger partial charge >= 0.3 is 6.61 Å². The molecule has 2 aromatic heterocycles. The van der Waals surface area contributed by atoms with Crippen LogP contribution in [0, 0.1) is 5.82 Å². The minimum absolute atomic E-state index is 0.00352. The molecule has 2 aromatic carbocycles. The number of hydrogen-bond acceptors (Lipinski definition) is 5. The van der Waals surface area contributed by atoms with Gasteiger partial charge in [-0.25, -0.2) is 17.8 Å². The van der Waals surface area contributed by atoms with Gasteiger partial charge in [-0.2, -0.15) is 8.78 Å². The van der Waals surface area contributed by atoms with Crippen molar-refractivity contribution in [1.82, 2.24) is 9.38 Å². The van der Waals surface area contributed by atoms with Gasteiger partial charge in [0.1, 0.15) is 17.2 Å². The van der Waals surface area contributed by atoms with E-state index >= 15 is 0 Å². The predicted octanol–water partition coefficient (Wildman–Crippen LogP) is 4.71. The summed E-state index contributed by atoms with van der Waals surface area (Å²) in [5.41, 5.74) is 2.28. The summed E-state index contributed by atoms with van der Waals surface area (Å²) >= 11 is 0. The van der Waals surface area contributed by atoms with Gasteiger partial charge in [0.25, 0.3) is 0 Å². The van der Waals surface area contributed by atoms with Crippen molar-refractivity contribution in [1.29, 1.82) is 0 Å². The van der Waals surface area contributed by atoms with E-state index in [9.17, 15) is 26.7 Å². The molecular weight excluding hydrogens is 469 g/mol. The monoisotopic (exact) mass is 488 g/mol. The van der Waals surface area contributed by atoms with E-state index in [1.807, 2.05) is 0 Å². The Balaban J connectivity index is 1.65. The summed E-state index contributed by atoms with van der Waals surface area (Å²) in [6.07, 6.45) is 1.86. The molecular formula is C24H19F3N2O4S. The third-order valence-corrected chi connectivity index (χ3v) is 7.11. The first kappa shape index (κ1) is 22.4. The number of aromatic nitrogens is 2. The predicted molar refractivity (Wildman–Crippen MR) is 118 cm³/mol. The Bertz CT molecular complexity index is 1500. The zero-order valence-corrected chi connectivity index (χ0v) is 18.6. The van der Waals surface area contributed by atoms with Gasteiger partial charge in [0.2, 0.25) is 0 Å². The van der Waals surface area contributed by atoms with E-state index in [0.29, 0.717) is 22.5 Å². The number of para-hydroxylation sites is 1. The van der Waals surface area contributed by atoms with E-state index in [1.54, 1.807) is 22.6 Å². The molecule has 0 bridgehead atoms. The highest BCUT2D eigenvalue weighted by Crippen LogP contribution is 2.47. The van der Waals surface area contributed by atoms with Crippen LogP contribution in [0.2, 0.25) is 0 Å². The van der Waals surface area contributed by atoms with Crippen molar-refractivity contribution >= 4 is 15.5 Å². The Hall–Kier alpha value is -3.37. The van der Waals surface area contributed by atoms with Crippen LogP contribution in [0.4, 0.5) is 13.2 Å². The maximum Gasteiger partial charge on any atom is 0.387 e. The number of nitrogens with zero attached hydrogens (tertiary/aromatic N) is 2. The lowest BCUT2D eigenvalue weighted by molar-refractivity contribution is -0.0506. The van der Waals surface area contributed by atoms with Gasteiger partial charge in [-0.15, -0.1) is 0 Å². The second kappa shape index (κ2) is 8.14. The molecule has 0 unspecified atom stereocenters. The molecule has 10 heteroatoms. The summed E-state index contributed by atoms with van der Waals surface area (Å²) in [5, 5.41) is 10.6. The number of alkyl halides is 2. The van der Waals surface area contributed by atoms with Gasteiger partial charge in [-0.05, 0) is 30.2 Å². The van der Waals surface area contributed by atoms with Crippen LogP contribution in [0.3, 0.4) is 0 Å². The van der Waals surface area contributed by atoms with E-state index in [2.05, 4.69) is 4.98 Å². The molecule has 1 N–H and O–H groups in total. The van der Waals surface area contributed by atoms with Crippen LogP contribution in [0.1, 0.15) is 35.4 Å². The van der Waals surface area contributed by atoms with Gasteiger partial charge in [-0.1, -0.05) is 30.3 Å². The van der Waals surface area contributed by atoms with Crippen molar-refractivity contribution in [3.63, 3.8) is 0 Å². The number of halogens is 3. The fourth-order valence-electron chi connectivity index (χ4n) is 4.48. The minimum atomic E-state index is -3.40. The highest BCUT2D eigenvalue weighted by atomic mass is 32.2. The second-order valence-corrected chi connectivity index (χ2v) is 10.2. The van der Waals surface area contributed by atoms with Gasteiger partial charge < -0.3 is 14.2 Å². The average Bonchev–Trinajstić information content (AvgIpc) is 3.29. The molecule has 0 saturated carbocycles. The van der Waals surface area contributed by atoms with Crippen LogP contribution in [0.5, 0.6) is 5.75 Å². The number of ether oxygens (including phenoxy) is 1. The first-order valence-corrected chi connectivity index (χ1v) is 12.3. The average molecular weight is 488 g/mol. The lowest BCUT2D eigenvalue weighted by Crippen LogP contribution is -2.08. The molecule has 176 valence electrons. The number of benzene rings is 2. The number of hydrogen-bond donors (Lipinski definition) is 1. The van der Waals surface area contributed by atoms with E-state index in [-0.39, 0.29) is 28.3 Å². The normalized spacial score (nSPS) is 17.9. The third-order valence-electron chi connectivity index (χ3n) is 5.98. The summed E-state index contributed by atoms with van der Waals surface area (Å²) < 4.78 is 70.8. The van der Waals surface area contributed by atoms with Gasteiger partial charge in [0, 0.05) is 35.6 Å². The topological polar surface area (TPSA) is 80.9 Å². The van der Waals surface area contributed by atoms with Crippen molar-refractivity contribution in [3.05, 3.63) is 83.6 Å². The van der Waals surface area contributed by atoms with Crippen LogP contribution in [-0.4, -0.2) is 35.8 Å². The molecule has 2 atom stereocenters. The van der Waals surface area contributed by atoms with E-state index in [0.717, 1.165) is 6.26 Å². The van der Waals surface area contributed by atoms with Gasteiger partial charge in [-0.3, -0.25) is 0 Å². The summed E-state index contributed by atoms with van der Waals surface area (Å²) in [6, 6.07) is 13.4. The number of sulfone groups is 1. The summed E-state index contributed by atoms with van der Waals surface area (Å²) in [4.78, 5) is 4.50. The molecule has 6 nitrogen and oxygen atoms in total. The zero-order valence-electron chi connectivity index (χ0n) is 17.8. The van der Waals surface area contributed by atoms with E-state index < -0.39 is 34.3 Å². The highest BCUT2D eigenvalue weighted by Gasteiger charge is 2.37. The molecule has 5 rings (SSSR count). The molecule has 2 heterocycles. The number of aliphatic hydroxyl groups excluding tert-OH is 1. The second-order valence-electron chi connectivity index (χ2n) is 8.16. The Kier molecular flexibility index (Phi) is 5.37. The quantitative estimate of drug-likeness (QED) is 0.440. The molecule has 0 amide bonds. The largest absolute Gasteiger partial charge is 0.435 e. The number of fused-ring (bicyclic) bond motifs is 3. The number of aliphatic hydroxyl groups is 1. The Morgan fingerprint density at radius 1 is 1.15 bits per heavy atom. The molecule has 0 saturated heterocycles. The molecule has 4 aromatic rings. The van der Waals surface area contributed by atoms with Crippen molar-refractivity contribution in [2.24, 2.45) is 0 Å². The van der Waals surface area contributed by atoms with Gasteiger partial charge in [0.05, 0.1) is 22.4 Å². The van der Waals surface area contributed by atoms with Crippen LogP contribution >= 0.6 is 0 Å². The number of rotatable bonds is 5. The zero-order chi connectivity index (χ0) is 24.2. The lowest BCUT2D eigenvalue weighted by atomic mass is 9.95. The third kappa shape index (κ3) is 3.82. The summed E-state index contributed by atoms with van der Waals surface area (Å²) in [6.45, 7) is -3.01. The SMILES string of the molecule is CS(=O)(=O)c1ccc(-c2cn3c4c(nc3cc2F)[C@@H](O)C[C@H]4c2ccccc2OC(F)F)cc1. The molecule has 1 aliphatic rings. The fourth-order valence-corrected chi connectivity index (χ4v) is 5.11. The smallest absolute Gasteiger partial charge is 0.387 e. The van der Waals surface area contributed by atoms with Crippen molar-refractivity contribution < 1.29 is 31.4 Å². The van der Waals surface area contributed by atoms with E-state index in [1.165, 1.54) is 42.6 Å². The number of pyridine rings is 1. The van der Waals surface area contributed by atoms with Crippen LogP contribution < -0.4 is 4.74 Å². The Morgan fingerprint density at radius 3 is 2.53 bits per heavy atom. The lowest BCUT2D eigenvalue weighted by Gasteiger charge is -2.17. The Labute approximate surface area is 193 Å². The fraction of sp³-hybridized carbons (Fsp3) is 0.208. The van der Waals surface area contributed by atoms with Crippen LogP contribution in [-0.2, 0) is 9.84 Å². The van der Waals surface area contributed by atoms with Gasteiger partial charge in [0.15, 0.2) is 9.84 Å². The highest BCUT2D eigenvalue weighted by molar-refractivity contribution is 7.90. The molecule has 34 heavy (non-hydrogen) atoms. The minimum Gasteiger partial charge on any atom is -0.435 e. The van der Waals surface area contributed by atoms with Crippen LogP contribution in [0.15, 0.2) is 65.7 Å². The van der Waals surface area contributed by atoms with Crippen LogP contribution in [0.25, 0.3) is 16.8 Å². The first-order valence-electron chi connectivity index (χ1n) is 10.4. The molecule has 1 aliphatic carbocycles. The summed E-state index contributed by atoms with van der Waals surface area (Å²) in [5.74, 6) is -1.09. The summed E-state index contributed by atoms with van der Waals surface area (Å²) in [7, 11) is -3.40. The van der Waals surface area contributed by atoms with Crippen molar-refractivity contribution in [2.75, 3.05) is 6.26 Å². The Morgan fingerprint density at radius 2 is 1.85 bits per heavy atom. The number of imidazole rings is 1. The molecule has 0 aliphatic heterocycles. The maximum absolute atomic E-state index is 15.0. The maximum atomic E-state index is 15.0. The first-order chi connectivity index (χ1) is 16.1. The standard InChI is InChI=1S/C24H19F3N2O4S/c1-34(31,32)14-8-6-13(7-9-14)17-12-29-21(11-18(17)25)28-22-19(30)10-16(23(22)29)15-4-2-3-5-20(15)33-24(26)27/h2-9,11-12,16,19,24,30H,10H2,1H3/t16-,19-/m0/s1. The molecule has 0 radical (unpaired) electrons. The molecule has 0 fully saturated rings.